The van der Waals surface area contributed by atoms with Crippen molar-refractivity contribution >= 4 is 83.0 Å². The molecule has 0 saturated carbocycles. The largest absolute Gasteiger partial charge is 0.238 e. The van der Waals surface area contributed by atoms with Gasteiger partial charge < -0.3 is 0 Å². The van der Waals surface area contributed by atoms with Gasteiger partial charge in [0.25, 0.3) is 0 Å². The number of hydrogen-bond donors (Lipinski definition) is 0. The first-order chi connectivity index (χ1) is 57.4. The summed E-state index contributed by atoms with van der Waals surface area (Å²) in [5.74, 6) is 0. The fraction of sp³-hybridized carbons (Fsp3) is 0.182. The lowest BCUT2D eigenvalue weighted by Crippen LogP contribution is -2.36. The summed E-state index contributed by atoms with van der Waals surface area (Å²) in [5, 5.41) is 51.6. The van der Waals surface area contributed by atoms with E-state index >= 15 is 0 Å². The molecule has 0 radical (unpaired) electrons. The molecule has 0 fully saturated rings. The normalized spacial score (nSPS) is 11.8. The molecule has 21 rings (SSSR count). The molecule has 20 heteroatoms. The Morgan fingerprint density at radius 3 is 1.08 bits per heavy atom. The van der Waals surface area contributed by atoms with E-state index in [1.54, 1.807) is 30.3 Å². The number of hydrogen-bond acceptors (Lipinski definition) is 5. The summed E-state index contributed by atoms with van der Waals surface area (Å²) in [6, 6.07) is 52.3. The summed E-state index contributed by atoms with van der Waals surface area (Å²) in [6.07, 6.45) is 10.1. The summed E-state index contributed by atoms with van der Waals surface area (Å²) >= 11 is 0. The van der Waals surface area contributed by atoms with Gasteiger partial charge in [-0.2, -0.15) is 26.3 Å². The van der Waals surface area contributed by atoms with Crippen LogP contribution >= 0.6 is 0 Å². The molecule has 566 valence electrons. The van der Waals surface area contributed by atoms with E-state index in [-0.39, 0.29) is 0 Å². The number of nitrogens with zero attached hydrogens (tertiary/aromatic N) is 20. The van der Waals surface area contributed by atoms with E-state index in [4.69, 9.17) is 32.9 Å². The fourth-order valence-corrected chi connectivity index (χ4v) is 18.1. The van der Waals surface area contributed by atoms with Crippen LogP contribution in [0.15, 0.2) is 158 Å². The Bertz CT molecular complexity index is 7800. The molecule has 0 unspecified atom stereocenters. The SMILES string of the molecule is [C-]#[N+]c1cc(C#N)c2c[n+]3n(c2c1)-c1c(C)c(C)c(C)c(C)c1C3.[C-]#[N+]c1cc(C#N)c2c[n+]3n(c2c1)-c1c(C)c(C)cc(C)c1C3.[C-]#[N+]c1cc(C#N)c2c[n+]3n(c2c1)-c1c(cc(C)c(C)c1C)C3.[C-]#[N+]c1cc(C#N)c2c[n+]3n(c2c1)-c1cc(-c2ccccc2)ccc1C3.[C-]#[N+]c1cc(C#N)c2c[n+]3n(c2c1)-c1cc(C)c(C)c(C)c1C3. The minimum atomic E-state index is 0.489. The number of aromatic nitrogens is 10. The van der Waals surface area contributed by atoms with E-state index in [0.29, 0.717) is 56.3 Å². The highest BCUT2D eigenvalue weighted by molar-refractivity contribution is 5.94. The Morgan fingerprint density at radius 1 is 0.277 bits per heavy atom. The average molecular weight is 1540 g/mol. The molecule has 0 N–H and O–H groups in total. The fourth-order valence-electron chi connectivity index (χ4n) is 18.1. The Kier molecular flexibility index (Phi) is 18.1. The van der Waals surface area contributed by atoms with Crippen molar-refractivity contribution in [1.29, 1.82) is 26.3 Å². The van der Waals surface area contributed by atoms with Crippen molar-refractivity contribution in [2.75, 3.05) is 0 Å². The first-order valence-electron chi connectivity index (χ1n) is 38.8. The van der Waals surface area contributed by atoms with E-state index in [1.165, 1.54) is 123 Å². The number of nitriles is 5. The maximum Gasteiger partial charge on any atom is 0.205 e. The van der Waals surface area contributed by atoms with Crippen LogP contribution in [0, 0.1) is 180 Å². The van der Waals surface area contributed by atoms with Crippen LogP contribution in [-0.2, 0) is 32.7 Å². The number of aryl methyl sites for hydroxylation is 4. The third-order valence-electron chi connectivity index (χ3n) is 25.1. The van der Waals surface area contributed by atoms with Gasteiger partial charge in [-0.25, -0.2) is 24.2 Å². The van der Waals surface area contributed by atoms with Gasteiger partial charge in [0.15, 0.2) is 61.2 Å². The zero-order chi connectivity index (χ0) is 83.7. The zero-order valence-corrected chi connectivity index (χ0v) is 68.0. The highest BCUT2D eigenvalue weighted by Crippen LogP contribution is 2.41. The quantitative estimate of drug-likeness (QED) is 0.117. The van der Waals surface area contributed by atoms with Crippen LogP contribution in [0.1, 0.15) is 128 Å². The van der Waals surface area contributed by atoms with Gasteiger partial charge >= 0.3 is 0 Å². The van der Waals surface area contributed by atoms with Crippen molar-refractivity contribution in [2.24, 2.45) is 0 Å². The summed E-state index contributed by atoms with van der Waals surface area (Å²) in [6.45, 7) is 68.5. The Labute approximate surface area is 688 Å². The third kappa shape index (κ3) is 11.8. The number of rotatable bonds is 1. The molecule has 10 heterocycles. The molecular formula is C99H75N20+5. The molecule has 0 aliphatic carbocycles. The number of benzene rings is 11. The van der Waals surface area contributed by atoms with Gasteiger partial charge in [-0.05, 0) is 258 Å². The standard InChI is InChI=1S/C22H13N4.C20H17N4.3C19H15N4/c1-24-19-9-18(12-23)20-14-25-13-17-8-7-16(15-5-3-2-4-6-15)10-21(17)26(25)22(20)11-19;1-11-12(2)14(4)20-17(13(11)3)9-23-10-18-15(8-21)6-16(22-5)7-19(18)24(20)23;1-11-5-18-16(13(3)12(11)2)9-22-10-17-14(8-20)6-15(21-4)7-19(17)23(18)22;1-11-5-15-9-22-10-17-14(8-20)6-16(21-4)7-18(17)23(22)19(15)13(3)12(11)2;1-11-5-12(2)16-9-22-10-17-14(8-20)6-15(21-4)7-18(17)23(22)19(16)13(11)3/h2-11,14H,13H2;6-7,10H,9H2,1-4H3;3*5-7,10H,9H2,1-3H3/q5*+1. The van der Waals surface area contributed by atoms with Crippen LogP contribution in [0.4, 0.5) is 28.4 Å². The van der Waals surface area contributed by atoms with E-state index in [0.717, 1.165) is 104 Å². The van der Waals surface area contributed by atoms with E-state index in [1.807, 2.05) is 79.5 Å². The molecule has 5 aliphatic heterocycles. The molecule has 11 aromatic carbocycles. The maximum atomic E-state index is 9.46. The van der Waals surface area contributed by atoms with Gasteiger partial charge in [-0.15, -0.1) is 46.8 Å². The predicted octanol–water partition coefficient (Wildman–Crippen LogP) is 19.2. The second-order valence-electron chi connectivity index (χ2n) is 31.3. The van der Waals surface area contributed by atoms with Gasteiger partial charge in [0.2, 0.25) is 31.0 Å². The lowest BCUT2D eigenvalue weighted by molar-refractivity contribution is -0.749. The summed E-state index contributed by atoms with van der Waals surface area (Å²) < 4.78 is 21.4. The van der Waals surface area contributed by atoms with Gasteiger partial charge in [0.1, 0.15) is 56.0 Å². The van der Waals surface area contributed by atoms with Crippen molar-refractivity contribution in [2.45, 2.75) is 123 Å². The summed E-state index contributed by atoms with van der Waals surface area (Å²) in [7, 11) is 0. The predicted molar refractivity (Wildman–Crippen MR) is 455 cm³/mol. The molecule has 5 aliphatic rings. The lowest BCUT2D eigenvalue weighted by atomic mass is 9.92. The molecule has 0 saturated heterocycles. The number of fused-ring (bicyclic) bond motifs is 25. The minimum absolute atomic E-state index is 0.489. The Balaban J connectivity index is 0.000000106. The molecule has 0 atom stereocenters. The smallest absolute Gasteiger partial charge is 0.205 e. The van der Waals surface area contributed by atoms with Crippen molar-refractivity contribution in [1.82, 2.24) is 23.4 Å². The lowest BCUT2D eigenvalue weighted by Gasteiger charge is -2.13. The molecule has 0 bridgehead atoms. The van der Waals surface area contributed by atoms with Crippen LogP contribution in [0.25, 0.3) is 118 Å². The molecule has 119 heavy (non-hydrogen) atoms. The first kappa shape index (κ1) is 75.4. The van der Waals surface area contributed by atoms with Crippen molar-refractivity contribution in [3.05, 3.63) is 343 Å². The van der Waals surface area contributed by atoms with Crippen LogP contribution in [0.3, 0.4) is 0 Å². The molecule has 16 aromatic rings. The van der Waals surface area contributed by atoms with E-state index in [9.17, 15) is 26.3 Å². The molecule has 0 spiro atoms. The highest BCUT2D eigenvalue weighted by atomic mass is 15.4. The average Bonchev–Trinajstić information content (AvgIpc) is 1.59. The van der Waals surface area contributed by atoms with Crippen LogP contribution in [-0.4, -0.2) is 23.4 Å². The molecule has 20 nitrogen and oxygen atoms in total. The Hall–Kier alpha value is -16.3. The van der Waals surface area contributed by atoms with Crippen LogP contribution < -0.4 is 23.4 Å². The topological polar surface area (TPSA) is 185 Å². The van der Waals surface area contributed by atoms with Gasteiger partial charge in [0.05, 0.1) is 135 Å². The highest BCUT2D eigenvalue weighted by Gasteiger charge is 2.38. The second-order valence-corrected chi connectivity index (χ2v) is 31.3. The van der Waals surface area contributed by atoms with Crippen LogP contribution in [0.5, 0.6) is 0 Å². The van der Waals surface area contributed by atoms with Gasteiger partial charge in [-0.1, -0.05) is 42.5 Å². The minimum Gasteiger partial charge on any atom is -0.238 e. The maximum absolute atomic E-state index is 9.46. The zero-order valence-electron chi connectivity index (χ0n) is 68.0. The molecule has 5 aromatic heterocycles. The van der Waals surface area contributed by atoms with E-state index in [2.05, 4.69) is 240 Å². The van der Waals surface area contributed by atoms with Gasteiger partial charge in [0, 0.05) is 11.1 Å². The second kappa shape index (κ2) is 28.6. The van der Waals surface area contributed by atoms with Crippen LogP contribution in [0.2, 0.25) is 0 Å². The van der Waals surface area contributed by atoms with Crippen molar-refractivity contribution in [3.63, 3.8) is 0 Å². The van der Waals surface area contributed by atoms with E-state index < -0.39 is 0 Å². The van der Waals surface area contributed by atoms with Crippen molar-refractivity contribution in [3.8, 4) is 69.9 Å². The summed E-state index contributed by atoms with van der Waals surface area (Å²) in [4.78, 5) is 17.6. The summed E-state index contributed by atoms with van der Waals surface area (Å²) in [5.41, 5.74) is 41.4. The molecular weight excluding hydrogens is 1470 g/mol. The van der Waals surface area contributed by atoms with Crippen molar-refractivity contribution < 1.29 is 23.4 Å². The first-order valence-corrected chi connectivity index (χ1v) is 38.8. The third-order valence-corrected chi connectivity index (χ3v) is 25.1. The monoisotopic (exact) mass is 1540 g/mol. The Morgan fingerprint density at radius 2 is 0.622 bits per heavy atom. The molecule has 0 amide bonds. The van der Waals surface area contributed by atoms with Gasteiger partial charge in [-0.3, -0.25) is 0 Å².